The van der Waals surface area contributed by atoms with Crippen LogP contribution in [0.2, 0.25) is 0 Å². The smallest absolute Gasteiger partial charge is 0.262 e. The van der Waals surface area contributed by atoms with Crippen molar-refractivity contribution in [3.05, 3.63) is 70.7 Å². The van der Waals surface area contributed by atoms with Gasteiger partial charge in [0.25, 0.3) is 5.01 Å². The van der Waals surface area contributed by atoms with Crippen molar-refractivity contribution in [1.82, 2.24) is 0 Å². The standard InChI is InChI=1S/C21H21N2OS2/c1-2-22-16-8-3-5-10-18(16)25-20(22)12-7-13-21-23(14-15-24)17-9-4-6-11-19(17)26-21/h3-13,24H,2,14-15H2,1H3/q+1. The van der Waals surface area contributed by atoms with Crippen LogP contribution in [-0.4, -0.2) is 18.3 Å². The molecule has 0 aliphatic carbocycles. The Balaban J connectivity index is 1.64. The molecular formula is C21H21N2OS2+. The van der Waals surface area contributed by atoms with Gasteiger partial charge in [-0.1, -0.05) is 53.4 Å². The average molecular weight is 382 g/mol. The van der Waals surface area contributed by atoms with Gasteiger partial charge in [0.15, 0.2) is 6.54 Å². The maximum absolute atomic E-state index is 9.42. The van der Waals surface area contributed by atoms with Crippen LogP contribution < -0.4 is 9.47 Å². The largest absolute Gasteiger partial charge is 0.390 e. The van der Waals surface area contributed by atoms with Crippen molar-refractivity contribution in [2.24, 2.45) is 0 Å². The Labute approximate surface area is 161 Å². The summed E-state index contributed by atoms with van der Waals surface area (Å²) in [7, 11) is 0. The summed E-state index contributed by atoms with van der Waals surface area (Å²) < 4.78 is 3.43. The highest BCUT2D eigenvalue weighted by atomic mass is 32.2. The molecule has 1 aliphatic rings. The van der Waals surface area contributed by atoms with Gasteiger partial charge in [0, 0.05) is 23.6 Å². The number of hydrogen-bond donors (Lipinski definition) is 1. The van der Waals surface area contributed by atoms with E-state index in [9.17, 15) is 5.11 Å². The number of thioether (sulfide) groups is 1. The third-order valence-corrected chi connectivity index (χ3v) is 6.65. The van der Waals surface area contributed by atoms with Gasteiger partial charge in [-0.15, -0.1) is 0 Å². The Hall–Kier alpha value is -2.08. The van der Waals surface area contributed by atoms with Crippen molar-refractivity contribution >= 4 is 45.1 Å². The van der Waals surface area contributed by atoms with Crippen molar-refractivity contribution in [3.63, 3.8) is 0 Å². The number of aliphatic hydroxyl groups excluding tert-OH is 1. The summed E-state index contributed by atoms with van der Waals surface area (Å²) in [6.45, 7) is 3.89. The van der Waals surface area contributed by atoms with Gasteiger partial charge in [-0.3, -0.25) is 0 Å². The minimum Gasteiger partial charge on any atom is -0.390 e. The predicted octanol–water partition coefficient (Wildman–Crippen LogP) is 4.67. The zero-order valence-electron chi connectivity index (χ0n) is 14.6. The molecule has 0 bridgehead atoms. The Morgan fingerprint density at radius 1 is 1.12 bits per heavy atom. The van der Waals surface area contributed by atoms with Crippen molar-refractivity contribution in [1.29, 1.82) is 0 Å². The second-order valence-corrected chi connectivity index (χ2v) is 8.09. The second-order valence-electron chi connectivity index (χ2n) is 5.96. The summed E-state index contributed by atoms with van der Waals surface area (Å²) in [6.07, 6.45) is 6.45. The van der Waals surface area contributed by atoms with Crippen LogP contribution in [0.5, 0.6) is 0 Å². The minimum absolute atomic E-state index is 0.141. The number of allylic oxidation sites excluding steroid dienone is 2. The SMILES string of the molecule is CCN1/C(=C/C=C/c2sc3ccccc3[n+]2CCO)Sc2ccccc21. The Bertz CT molecular complexity index is 991. The normalized spacial score (nSPS) is 15.5. The molecule has 0 saturated carbocycles. The number of rotatable bonds is 5. The van der Waals surface area contributed by atoms with Crippen LogP contribution in [0.1, 0.15) is 11.9 Å². The fraction of sp³-hybridized carbons (Fsp3) is 0.190. The third-order valence-electron chi connectivity index (χ3n) is 4.39. The number of thiazole rings is 1. The summed E-state index contributed by atoms with van der Waals surface area (Å²) in [5, 5.41) is 11.8. The van der Waals surface area contributed by atoms with E-state index < -0.39 is 0 Å². The molecule has 26 heavy (non-hydrogen) atoms. The zero-order valence-corrected chi connectivity index (χ0v) is 16.3. The fourth-order valence-corrected chi connectivity index (χ4v) is 5.46. The van der Waals surface area contributed by atoms with E-state index in [2.05, 4.69) is 77.1 Å². The lowest BCUT2D eigenvalue weighted by molar-refractivity contribution is -0.670. The minimum atomic E-state index is 0.141. The third kappa shape index (κ3) is 3.18. The zero-order chi connectivity index (χ0) is 17.9. The topological polar surface area (TPSA) is 27.4 Å². The quantitative estimate of drug-likeness (QED) is 0.651. The molecule has 3 nitrogen and oxygen atoms in total. The van der Waals surface area contributed by atoms with Gasteiger partial charge in [0.1, 0.15) is 11.3 Å². The number of nitrogens with zero attached hydrogens (tertiary/aromatic N) is 2. The molecule has 5 heteroatoms. The molecule has 1 aliphatic heterocycles. The van der Waals surface area contributed by atoms with E-state index in [1.54, 1.807) is 11.3 Å². The molecule has 0 saturated heterocycles. The molecule has 1 aromatic heterocycles. The van der Waals surface area contributed by atoms with Crippen molar-refractivity contribution in [2.75, 3.05) is 18.1 Å². The second kappa shape index (κ2) is 7.66. The van der Waals surface area contributed by atoms with Gasteiger partial charge in [-0.25, -0.2) is 0 Å². The van der Waals surface area contributed by atoms with Crippen LogP contribution in [0.3, 0.4) is 0 Å². The van der Waals surface area contributed by atoms with Gasteiger partial charge in [-0.2, -0.15) is 4.57 Å². The number of benzene rings is 2. The van der Waals surface area contributed by atoms with Crippen LogP contribution in [0.25, 0.3) is 16.3 Å². The molecule has 0 unspecified atom stereocenters. The Morgan fingerprint density at radius 3 is 2.77 bits per heavy atom. The van der Waals surface area contributed by atoms with Crippen LogP contribution in [0.15, 0.2) is 70.6 Å². The van der Waals surface area contributed by atoms with Crippen LogP contribution in [0.4, 0.5) is 5.69 Å². The highest BCUT2D eigenvalue weighted by Crippen LogP contribution is 2.45. The molecule has 0 fully saturated rings. The molecular weight excluding hydrogens is 360 g/mol. The van der Waals surface area contributed by atoms with E-state index in [4.69, 9.17) is 0 Å². The summed E-state index contributed by atoms with van der Waals surface area (Å²) in [5.74, 6) is 0. The van der Waals surface area contributed by atoms with Crippen LogP contribution >= 0.6 is 23.1 Å². The first-order valence-corrected chi connectivity index (χ1v) is 10.4. The van der Waals surface area contributed by atoms with Gasteiger partial charge < -0.3 is 10.0 Å². The average Bonchev–Trinajstić information content (AvgIpc) is 3.20. The molecule has 3 aromatic rings. The van der Waals surface area contributed by atoms with Gasteiger partial charge in [0.2, 0.25) is 5.52 Å². The maximum atomic E-state index is 9.42. The predicted molar refractivity (Wildman–Crippen MR) is 112 cm³/mol. The molecule has 0 radical (unpaired) electrons. The first-order chi connectivity index (χ1) is 12.8. The summed E-state index contributed by atoms with van der Waals surface area (Å²) in [5.41, 5.74) is 2.47. The van der Waals surface area contributed by atoms with Crippen molar-refractivity contribution in [3.8, 4) is 0 Å². The summed E-state index contributed by atoms with van der Waals surface area (Å²) in [6, 6.07) is 16.9. The van der Waals surface area contributed by atoms with Gasteiger partial charge in [-0.05, 0) is 31.2 Å². The number of fused-ring (bicyclic) bond motifs is 2. The Morgan fingerprint density at radius 2 is 1.92 bits per heavy atom. The monoisotopic (exact) mass is 381 g/mol. The maximum Gasteiger partial charge on any atom is 0.262 e. The van der Waals surface area contributed by atoms with Crippen LogP contribution in [0, 0.1) is 0 Å². The highest BCUT2D eigenvalue weighted by Gasteiger charge is 2.22. The molecule has 2 aromatic carbocycles. The fourth-order valence-electron chi connectivity index (χ4n) is 3.22. The highest BCUT2D eigenvalue weighted by molar-refractivity contribution is 8.03. The lowest BCUT2D eigenvalue weighted by Gasteiger charge is -2.17. The lowest BCUT2D eigenvalue weighted by Crippen LogP contribution is -2.36. The van der Waals surface area contributed by atoms with Gasteiger partial charge >= 0.3 is 0 Å². The molecule has 132 valence electrons. The van der Waals surface area contributed by atoms with Gasteiger partial charge in [0.05, 0.1) is 10.7 Å². The lowest BCUT2D eigenvalue weighted by atomic mass is 10.3. The first-order valence-electron chi connectivity index (χ1n) is 8.77. The van der Waals surface area contributed by atoms with E-state index in [1.165, 1.54) is 25.8 Å². The molecule has 0 atom stereocenters. The van der Waals surface area contributed by atoms with E-state index >= 15 is 0 Å². The first kappa shape index (κ1) is 17.3. The number of hydrogen-bond acceptors (Lipinski definition) is 4. The summed E-state index contributed by atoms with van der Waals surface area (Å²) in [4.78, 5) is 3.66. The number of aromatic nitrogens is 1. The van der Waals surface area contributed by atoms with Crippen molar-refractivity contribution < 1.29 is 9.67 Å². The molecule has 4 rings (SSSR count). The van der Waals surface area contributed by atoms with Crippen LogP contribution in [-0.2, 0) is 6.54 Å². The molecule has 1 N–H and O–H groups in total. The molecule has 0 amide bonds. The Kier molecular flexibility index (Phi) is 5.11. The number of aliphatic hydroxyl groups is 1. The van der Waals surface area contributed by atoms with E-state index in [0.717, 1.165) is 11.6 Å². The van der Waals surface area contributed by atoms with E-state index in [-0.39, 0.29) is 6.61 Å². The van der Waals surface area contributed by atoms with E-state index in [0.29, 0.717) is 6.54 Å². The number of para-hydroxylation sites is 2. The summed E-state index contributed by atoms with van der Waals surface area (Å²) >= 11 is 3.57. The molecule has 0 spiro atoms. The number of anilines is 1. The van der Waals surface area contributed by atoms with Crippen molar-refractivity contribution in [2.45, 2.75) is 18.4 Å². The van der Waals surface area contributed by atoms with E-state index in [1.807, 2.05) is 17.8 Å². The molecule has 2 heterocycles.